The van der Waals surface area contributed by atoms with Crippen LogP contribution in [-0.4, -0.2) is 16.1 Å². The summed E-state index contributed by atoms with van der Waals surface area (Å²) in [6.45, 7) is 0.374. The number of aromatic carboxylic acids is 1. The Labute approximate surface area is 179 Å². The first kappa shape index (κ1) is 19.7. The van der Waals surface area contributed by atoms with Crippen LogP contribution in [0.25, 0.3) is 22.3 Å². The first-order chi connectivity index (χ1) is 14.6. The van der Waals surface area contributed by atoms with E-state index >= 15 is 0 Å². The van der Waals surface area contributed by atoms with Crippen molar-refractivity contribution in [3.8, 4) is 28.1 Å². The maximum Gasteiger partial charge on any atom is 0.335 e. The normalized spacial score (nSPS) is 10.6. The van der Waals surface area contributed by atoms with E-state index in [-0.39, 0.29) is 5.56 Å². The molecule has 4 rings (SSSR count). The van der Waals surface area contributed by atoms with Crippen LogP contribution < -0.4 is 4.74 Å². The summed E-state index contributed by atoms with van der Waals surface area (Å²) in [7, 11) is 0. The van der Waals surface area contributed by atoms with Crippen LogP contribution in [0.4, 0.5) is 0 Å². The molecule has 4 nitrogen and oxygen atoms in total. The highest BCUT2D eigenvalue weighted by atomic mass is 35.5. The predicted molar refractivity (Wildman–Crippen MR) is 118 cm³/mol. The first-order valence-electron chi connectivity index (χ1n) is 9.37. The fourth-order valence-electron chi connectivity index (χ4n) is 3.25. The van der Waals surface area contributed by atoms with Crippen molar-refractivity contribution in [2.24, 2.45) is 0 Å². The molecule has 0 bridgehead atoms. The van der Waals surface area contributed by atoms with Gasteiger partial charge in [0.25, 0.3) is 0 Å². The summed E-state index contributed by atoms with van der Waals surface area (Å²) in [6.07, 6.45) is 1.55. The molecule has 0 aliphatic carbocycles. The quantitative estimate of drug-likeness (QED) is 0.398. The van der Waals surface area contributed by atoms with Crippen molar-refractivity contribution >= 4 is 17.6 Å². The Morgan fingerprint density at radius 2 is 1.60 bits per heavy atom. The second kappa shape index (κ2) is 8.80. The lowest BCUT2D eigenvalue weighted by molar-refractivity contribution is 0.0697. The van der Waals surface area contributed by atoms with Gasteiger partial charge < -0.3 is 9.84 Å². The number of nitrogens with zero attached hydrogens (tertiary/aromatic N) is 1. The van der Waals surface area contributed by atoms with E-state index in [1.807, 2.05) is 66.7 Å². The molecule has 0 unspecified atom stereocenters. The molecule has 0 amide bonds. The summed E-state index contributed by atoms with van der Waals surface area (Å²) >= 11 is 6.25. The number of rotatable bonds is 6. The SMILES string of the molecule is O=C(O)c1cccc(-c2ccccc2-c2cc(Cl)cnc2OCc2ccccc2)c1. The van der Waals surface area contributed by atoms with Gasteiger partial charge in [0.2, 0.25) is 5.88 Å². The van der Waals surface area contributed by atoms with E-state index in [2.05, 4.69) is 4.98 Å². The van der Waals surface area contributed by atoms with Gasteiger partial charge in [-0.3, -0.25) is 0 Å². The Kier molecular flexibility index (Phi) is 5.77. The Hall–Kier alpha value is -3.63. The standard InChI is InChI=1S/C25H18ClNO3/c26-20-14-23(24(27-15-20)30-16-17-7-2-1-3-8-17)22-12-5-4-11-21(22)18-9-6-10-19(13-18)25(28)29/h1-15H,16H2,(H,28,29). The molecule has 0 radical (unpaired) electrons. The number of hydrogen-bond donors (Lipinski definition) is 1. The highest BCUT2D eigenvalue weighted by molar-refractivity contribution is 6.30. The molecule has 30 heavy (non-hydrogen) atoms. The fraction of sp³-hybridized carbons (Fsp3) is 0.0400. The molecule has 1 heterocycles. The number of ether oxygens (including phenoxy) is 1. The van der Waals surface area contributed by atoms with Crippen LogP contribution in [0.1, 0.15) is 15.9 Å². The predicted octanol–water partition coefficient (Wildman–Crippen LogP) is 6.35. The van der Waals surface area contributed by atoms with Crippen molar-refractivity contribution in [2.45, 2.75) is 6.61 Å². The van der Waals surface area contributed by atoms with Crippen LogP contribution in [0, 0.1) is 0 Å². The number of aromatic nitrogens is 1. The van der Waals surface area contributed by atoms with E-state index in [0.29, 0.717) is 17.5 Å². The molecular weight excluding hydrogens is 398 g/mol. The van der Waals surface area contributed by atoms with Gasteiger partial charge in [-0.05, 0) is 40.5 Å². The molecule has 0 aliphatic heterocycles. The van der Waals surface area contributed by atoms with Gasteiger partial charge in [-0.25, -0.2) is 9.78 Å². The molecule has 1 aromatic heterocycles. The number of carbonyl (C=O) groups is 1. The van der Waals surface area contributed by atoms with Crippen molar-refractivity contribution in [1.29, 1.82) is 0 Å². The molecule has 148 valence electrons. The maximum absolute atomic E-state index is 11.4. The molecule has 4 aromatic rings. The van der Waals surface area contributed by atoms with Crippen LogP contribution in [0.2, 0.25) is 5.02 Å². The van der Waals surface area contributed by atoms with Gasteiger partial charge in [-0.1, -0.05) is 78.3 Å². The van der Waals surface area contributed by atoms with Crippen molar-refractivity contribution in [1.82, 2.24) is 4.98 Å². The van der Waals surface area contributed by atoms with E-state index in [9.17, 15) is 9.90 Å². The summed E-state index contributed by atoms with van der Waals surface area (Å²) in [5, 5.41) is 9.85. The molecule has 0 aliphatic rings. The third kappa shape index (κ3) is 4.34. The lowest BCUT2D eigenvalue weighted by Crippen LogP contribution is -2.00. The molecule has 1 N–H and O–H groups in total. The Balaban J connectivity index is 1.77. The third-order valence-corrected chi connectivity index (χ3v) is 4.88. The second-order valence-electron chi connectivity index (χ2n) is 6.71. The monoisotopic (exact) mass is 415 g/mol. The fourth-order valence-corrected chi connectivity index (χ4v) is 3.41. The molecule has 0 saturated heterocycles. The lowest BCUT2D eigenvalue weighted by Gasteiger charge is -2.15. The highest BCUT2D eigenvalue weighted by Gasteiger charge is 2.15. The topological polar surface area (TPSA) is 59.4 Å². The molecule has 0 atom stereocenters. The first-order valence-corrected chi connectivity index (χ1v) is 9.75. The molecule has 0 spiro atoms. The highest BCUT2D eigenvalue weighted by Crippen LogP contribution is 2.38. The van der Waals surface area contributed by atoms with Gasteiger partial charge in [-0.15, -0.1) is 0 Å². The molecular formula is C25H18ClNO3. The lowest BCUT2D eigenvalue weighted by atomic mass is 9.94. The van der Waals surface area contributed by atoms with E-state index in [4.69, 9.17) is 16.3 Å². The third-order valence-electron chi connectivity index (χ3n) is 4.67. The minimum Gasteiger partial charge on any atom is -0.478 e. The van der Waals surface area contributed by atoms with Crippen LogP contribution >= 0.6 is 11.6 Å². The summed E-state index contributed by atoms with van der Waals surface area (Å²) in [6, 6.07) is 26.2. The molecule has 0 saturated carbocycles. The van der Waals surface area contributed by atoms with Crippen LogP contribution in [-0.2, 0) is 6.61 Å². The Morgan fingerprint density at radius 3 is 2.37 bits per heavy atom. The zero-order chi connectivity index (χ0) is 20.9. The van der Waals surface area contributed by atoms with Gasteiger partial charge in [0.05, 0.1) is 10.6 Å². The van der Waals surface area contributed by atoms with Gasteiger partial charge in [-0.2, -0.15) is 0 Å². The largest absolute Gasteiger partial charge is 0.478 e. The smallest absolute Gasteiger partial charge is 0.335 e. The Bertz CT molecular complexity index is 1190. The van der Waals surface area contributed by atoms with Crippen LogP contribution in [0.15, 0.2) is 91.1 Å². The second-order valence-corrected chi connectivity index (χ2v) is 7.15. The number of pyridine rings is 1. The van der Waals surface area contributed by atoms with E-state index in [0.717, 1.165) is 27.8 Å². The number of carboxylic acids is 1. The average molecular weight is 416 g/mol. The van der Waals surface area contributed by atoms with Crippen LogP contribution in [0.3, 0.4) is 0 Å². The number of benzene rings is 3. The minimum atomic E-state index is -0.967. The Morgan fingerprint density at radius 1 is 0.867 bits per heavy atom. The van der Waals surface area contributed by atoms with Crippen molar-refractivity contribution in [3.05, 3.63) is 107 Å². The van der Waals surface area contributed by atoms with Crippen molar-refractivity contribution in [2.75, 3.05) is 0 Å². The zero-order valence-electron chi connectivity index (χ0n) is 16.0. The van der Waals surface area contributed by atoms with Crippen LogP contribution in [0.5, 0.6) is 5.88 Å². The number of halogens is 1. The molecule has 3 aromatic carbocycles. The summed E-state index contributed by atoms with van der Waals surface area (Å²) in [5.74, 6) is -0.504. The zero-order valence-corrected chi connectivity index (χ0v) is 16.7. The van der Waals surface area contributed by atoms with Crippen molar-refractivity contribution in [3.63, 3.8) is 0 Å². The van der Waals surface area contributed by atoms with E-state index in [1.165, 1.54) is 0 Å². The summed E-state index contributed by atoms with van der Waals surface area (Å²) < 4.78 is 6.02. The minimum absolute atomic E-state index is 0.229. The number of carboxylic acid groups (broad SMARTS) is 1. The van der Waals surface area contributed by atoms with Gasteiger partial charge in [0.1, 0.15) is 6.61 Å². The summed E-state index contributed by atoms with van der Waals surface area (Å²) in [5.41, 5.74) is 4.52. The van der Waals surface area contributed by atoms with E-state index < -0.39 is 5.97 Å². The van der Waals surface area contributed by atoms with Gasteiger partial charge in [0, 0.05) is 11.8 Å². The van der Waals surface area contributed by atoms with Gasteiger partial charge >= 0.3 is 5.97 Å². The van der Waals surface area contributed by atoms with Crippen molar-refractivity contribution < 1.29 is 14.6 Å². The van der Waals surface area contributed by atoms with E-state index in [1.54, 1.807) is 24.4 Å². The number of hydrogen-bond acceptors (Lipinski definition) is 3. The maximum atomic E-state index is 11.4. The molecule has 0 fully saturated rings. The average Bonchev–Trinajstić information content (AvgIpc) is 2.79. The molecule has 5 heteroatoms. The summed E-state index contributed by atoms with van der Waals surface area (Å²) in [4.78, 5) is 15.8. The van der Waals surface area contributed by atoms with Gasteiger partial charge in [0.15, 0.2) is 0 Å².